The number of nitrogens with one attached hydrogen (secondary N) is 4. The van der Waals surface area contributed by atoms with Gasteiger partial charge < -0.3 is 40.2 Å². The Hall–Kier alpha value is -5.24. The fourth-order valence-electron chi connectivity index (χ4n) is 6.70. The van der Waals surface area contributed by atoms with E-state index in [2.05, 4.69) is 25.9 Å². The number of rotatable bonds is 9. The molecule has 3 heterocycles. The number of ether oxygens (including phenoxy) is 2. The minimum atomic E-state index is -0.998. The van der Waals surface area contributed by atoms with Gasteiger partial charge in [0.05, 0.1) is 31.9 Å². The number of aromatic nitrogens is 2. The lowest BCUT2D eigenvalue weighted by Gasteiger charge is -2.29. The van der Waals surface area contributed by atoms with E-state index in [1.54, 1.807) is 29.3 Å². The van der Waals surface area contributed by atoms with E-state index in [9.17, 15) is 24.0 Å². The smallest absolute Gasteiger partial charge is 0.258 e. The quantitative estimate of drug-likeness (QED) is 0.255. The summed E-state index contributed by atoms with van der Waals surface area (Å²) >= 11 is 0. The molecule has 1 saturated carbocycles. The van der Waals surface area contributed by atoms with Crippen molar-refractivity contribution in [2.75, 3.05) is 46.5 Å². The van der Waals surface area contributed by atoms with Crippen molar-refractivity contribution in [1.82, 2.24) is 35.7 Å². The molecule has 0 spiro atoms. The molecule has 2 aliphatic heterocycles. The van der Waals surface area contributed by atoms with Gasteiger partial charge in [-0.05, 0) is 42.0 Å². The Labute approximate surface area is 296 Å². The van der Waals surface area contributed by atoms with Crippen molar-refractivity contribution >= 4 is 29.5 Å². The Balaban J connectivity index is 1.33. The second-order valence-electron chi connectivity index (χ2n) is 13.5. The van der Waals surface area contributed by atoms with Gasteiger partial charge in [-0.2, -0.15) is 0 Å². The van der Waals surface area contributed by atoms with Gasteiger partial charge in [0.15, 0.2) is 6.61 Å². The number of aromatic amines is 1. The first-order valence-corrected chi connectivity index (χ1v) is 17.4. The summed E-state index contributed by atoms with van der Waals surface area (Å²) in [6.07, 6.45) is 5.49. The van der Waals surface area contributed by atoms with E-state index < -0.39 is 41.8 Å². The summed E-state index contributed by atoms with van der Waals surface area (Å²) in [5.41, 5.74) is 2.30. The molecule has 3 aliphatic rings. The summed E-state index contributed by atoms with van der Waals surface area (Å²) in [6.45, 7) is 0.583. The highest BCUT2D eigenvalue weighted by Gasteiger charge is 2.39. The molecule has 0 radical (unpaired) electrons. The summed E-state index contributed by atoms with van der Waals surface area (Å²) in [4.78, 5) is 78.7. The van der Waals surface area contributed by atoms with Gasteiger partial charge in [0.25, 0.3) is 5.91 Å². The van der Waals surface area contributed by atoms with Gasteiger partial charge in [-0.25, -0.2) is 4.98 Å². The van der Waals surface area contributed by atoms with Gasteiger partial charge in [-0.1, -0.05) is 42.5 Å². The average Bonchev–Trinajstić information content (AvgIpc) is 3.61. The molecule has 14 heteroatoms. The number of methoxy groups -OCH3 is 1. The summed E-state index contributed by atoms with van der Waals surface area (Å²) in [5, 5.41) is 8.89. The van der Waals surface area contributed by atoms with Gasteiger partial charge in [-0.15, -0.1) is 0 Å². The van der Waals surface area contributed by atoms with Gasteiger partial charge in [0.2, 0.25) is 23.6 Å². The van der Waals surface area contributed by atoms with Crippen LogP contribution in [0.1, 0.15) is 42.0 Å². The number of fused-ring (bicyclic) bond motifs is 4. The molecule has 51 heavy (non-hydrogen) atoms. The standard InChI is InChI=1S/C37H45N7O7/c1-50-13-12-35(47)43-19-29-26-8-5-9-28(15-26)51-22-34(46)41-31(16-27-17-38-23-39-27)37(49)44(18-25-10-11-25)21-33(45)40-30(36(48)42-32(29)20-43)14-24-6-3-2-4-7-24/h2-9,15,17,23,25,29-32H,10-14,16,18-22H2,1H3,(H,38,39)(H,40,45)(H,41,46)(H,42,48)/t29-,30+,31+,32+/m1/s1. The number of amides is 5. The van der Waals surface area contributed by atoms with Crippen LogP contribution in [0.5, 0.6) is 5.75 Å². The number of imidazole rings is 1. The largest absolute Gasteiger partial charge is 0.484 e. The lowest BCUT2D eigenvalue weighted by atomic mass is 9.93. The molecule has 270 valence electrons. The highest BCUT2D eigenvalue weighted by Crippen LogP contribution is 2.31. The second kappa shape index (κ2) is 16.6. The lowest BCUT2D eigenvalue weighted by molar-refractivity contribution is -0.140. The zero-order valence-electron chi connectivity index (χ0n) is 28.7. The molecule has 2 fully saturated rings. The summed E-state index contributed by atoms with van der Waals surface area (Å²) in [5.74, 6) is -1.53. The fourth-order valence-corrected chi connectivity index (χ4v) is 6.70. The van der Waals surface area contributed by atoms with E-state index >= 15 is 0 Å². The summed E-state index contributed by atoms with van der Waals surface area (Å²) in [7, 11) is 1.54. The molecule has 5 amide bonds. The highest BCUT2D eigenvalue weighted by molar-refractivity contribution is 5.93. The van der Waals surface area contributed by atoms with Crippen LogP contribution < -0.4 is 20.7 Å². The van der Waals surface area contributed by atoms with E-state index in [1.165, 1.54) is 18.3 Å². The molecule has 1 saturated heterocycles. The third-order valence-corrected chi connectivity index (χ3v) is 9.54. The molecule has 4 atom stereocenters. The SMILES string of the molecule is COCCC(=O)N1C[C@@H]2NC(=O)[C@H](Cc3ccccc3)NC(=O)CN(CC3CC3)C(=O)[C@H](Cc3cnc[nH]3)NC(=O)COc3cccc(c3)[C@H]2C1. The molecular formula is C37H45N7O7. The molecule has 2 bridgehead atoms. The monoisotopic (exact) mass is 699 g/mol. The zero-order chi connectivity index (χ0) is 35.7. The minimum absolute atomic E-state index is 0.0969. The third-order valence-electron chi connectivity index (χ3n) is 9.54. The van der Waals surface area contributed by atoms with Crippen LogP contribution in [0.15, 0.2) is 67.1 Å². The van der Waals surface area contributed by atoms with Crippen molar-refractivity contribution in [3.8, 4) is 5.75 Å². The van der Waals surface area contributed by atoms with Crippen LogP contribution in [0.2, 0.25) is 0 Å². The first kappa shape index (κ1) is 35.6. The second-order valence-corrected chi connectivity index (χ2v) is 13.5. The van der Waals surface area contributed by atoms with Crippen molar-refractivity contribution in [3.05, 3.63) is 83.9 Å². The van der Waals surface area contributed by atoms with E-state index in [4.69, 9.17) is 9.47 Å². The fraction of sp³-hybridized carbons (Fsp3) is 0.459. The Morgan fingerprint density at radius 2 is 1.75 bits per heavy atom. The van der Waals surface area contributed by atoms with Crippen LogP contribution in [0, 0.1) is 5.92 Å². The normalized spacial score (nSPS) is 23.3. The van der Waals surface area contributed by atoms with Crippen LogP contribution in [-0.2, 0) is 41.6 Å². The first-order chi connectivity index (χ1) is 24.7. The molecule has 1 aromatic heterocycles. The van der Waals surface area contributed by atoms with Gasteiger partial charge in [-0.3, -0.25) is 24.0 Å². The van der Waals surface area contributed by atoms with E-state index in [0.29, 0.717) is 24.5 Å². The predicted octanol–water partition coefficient (Wildman–Crippen LogP) is 0.943. The zero-order valence-corrected chi connectivity index (χ0v) is 28.7. The van der Waals surface area contributed by atoms with E-state index in [0.717, 1.165) is 24.0 Å². The van der Waals surface area contributed by atoms with Gasteiger partial charge in [0, 0.05) is 57.4 Å². The number of likely N-dealkylation sites (tertiary alicyclic amines) is 1. The van der Waals surface area contributed by atoms with Crippen molar-refractivity contribution < 1.29 is 33.4 Å². The topological polar surface area (TPSA) is 175 Å². The Morgan fingerprint density at radius 1 is 0.941 bits per heavy atom. The molecule has 1 aliphatic carbocycles. The van der Waals surface area contributed by atoms with Crippen LogP contribution >= 0.6 is 0 Å². The molecule has 6 rings (SSSR count). The van der Waals surface area contributed by atoms with Gasteiger partial charge in [0.1, 0.15) is 17.8 Å². The number of carbonyl (C=O) groups is 5. The maximum atomic E-state index is 14.2. The maximum absolute atomic E-state index is 14.2. The summed E-state index contributed by atoms with van der Waals surface area (Å²) < 4.78 is 11.0. The molecule has 3 aromatic rings. The molecule has 14 nitrogen and oxygen atoms in total. The molecule has 2 aromatic carbocycles. The van der Waals surface area contributed by atoms with Crippen molar-refractivity contribution in [2.45, 2.75) is 56.1 Å². The first-order valence-electron chi connectivity index (χ1n) is 17.4. The predicted molar refractivity (Wildman–Crippen MR) is 185 cm³/mol. The number of carbonyl (C=O) groups excluding carboxylic acids is 5. The van der Waals surface area contributed by atoms with Crippen LogP contribution in [-0.4, -0.2) is 114 Å². The number of hydrogen-bond acceptors (Lipinski definition) is 8. The summed E-state index contributed by atoms with van der Waals surface area (Å²) in [6, 6.07) is 14.2. The van der Waals surface area contributed by atoms with E-state index in [1.807, 2.05) is 36.4 Å². The molecule has 0 unspecified atom stereocenters. The van der Waals surface area contributed by atoms with Crippen molar-refractivity contribution in [2.24, 2.45) is 5.92 Å². The highest BCUT2D eigenvalue weighted by atomic mass is 16.5. The van der Waals surface area contributed by atoms with Crippen LogP contribution in [0.25, 0.3) is 0 Å². The number of hydrogen-bond donors (Lipinski definition) is 4. The number of nitrogens with zero attached hydrogens (tertiary/aromatic N) is 3. The number of H-pyrrole nitrogens is 1. The molecular weight excluding hydrogens is 654 g/mol. The Bertz CT molecular complexity index is 1680. The van der Waals surface area contributed by atoms with Crippen LogP contribution in [0.4, 0.5) is 0 Å². The minimum Gasteiger partial charge on any atom is -0.484 e. The average molecular weight is 700 g/mol. The van der Waals surface area contributed by atoms with Gasteiger partial charge >= 0.3 is 0 Å². The maximum Gasteiger partial charge on any atom is 0.258 e. The number of benzene rings is 2. The third kappa shape index (κ3) is 9.72. The Morgan fingerprint density at radius 3 is 2.49 bits per heavy atom. The Kier molecular flexibility index (Phi) is 11.6. The van der Waals surface area contributed by atoms with E-state index in [-0.39, 0.29) is 63.3 Å². The van der Waals surface area contributed by atoms with Crippen LogP contribution in [0.3, 0.4) is 0 Å². The lowest BCUT2D eigenvalue weighted by Crippen LogP contribution is -2.56. The van der Waals surface area contributed by atoms with Crippen molar-refractivity contribution in [3.63, 3.8) is 0 Å². The van der Waals surface area contributed by atoms with Crippen molar-refractivity contribution in [1.29, 1.82) is 0 Å². The molecule has 4 N–H and O–H groups in total.